The summed E-state index contributed by atoms with van der Waals surface area (Å²) >= 11 is 0. The molecule has 6 nitrogen and oxygen atoms in total. The second-order valence-electron chi connectivity index (χ2n) is 7.71. The lowest BCUT2D eigenvalue weighted by Crippen LogP contribution is -2.36. The normalized spacial score (nSPS) is 14.0. The van der Waals surface area contributed by atoms with E-state index in [4.69, 9.17) is 14.5 Å². The first-order valence-corrected chi connectivity index (χ1v) is 10.2. The third-order valence-electron chi connectivity index (χ3n) is 5.30. The Balaban J connectivity index is 1.50. The van der Waals surface area contributed by atoms with E-state index >= 15 is 0 Å². The monoisotopic (exact) mass is 405 g/mol. The van der Waals surface area contributed by atoms with E-state index in [9.17, 15) is 4.79 Å². The van der Waals surface area contributed by atoms with Crippen molar-refractivity contribution < 1.29 is 14.3 Å². The molecule has 30 heavy (non-hydrogen) atoms. The second-order valence-corrected chi connectivity index (χ2v) is 7.71. The van der Waals surface area contributed by atoms with Crippen LogP contribution in [0.3, 0.4) is 0 Å². The van der Waals surface area contributed by atoms with Crippen molar-refractivity contribution in [3.05, 3.63) is 59.2 Å². The summed E-state index contributed by atoms with van der Waals surface area (Å²) < 4.78 is 11.3. The van der Waals surface area contributed by atoms with Crippen molar-refractivity contribution in [1.29, 1.82) is 0 Å². The van der Waals surface area contributed by atoms with Gasteiger partial charge in [-0.2, -0.15) is 0 Å². The highest BCUT2D eigenvalue weighted by molar-refractivity contribution is 5.94. The lowest BCUT2D eigenvalue weighted by Gasteiger charge is -2.28. The minimum atomic E-state index is -0.189. The summed E-state index contributed by atoms with van der Waals surface area (Å²) in [5.41, 5.74) is 4.87. The predicted octanol–water partition coefficient (Wildman–Crippen LogP) is 4.01. The largest absolute Gasteiger partial charge is 0.481 e. The minimum absolute atomic E-state index is 0.0741. The smallest absolute Gasteiger partial charge is 0.262 e. The Kier molecular flexibility index (Phi) is 5.86. The van der Waals surface area contributed by atoms with Gasteiger partial charge in [-0.3, -0.25) is 4.79 Å². The molecule has 1 saturated heterocycles. The van der Waals surface area contributed by atoms with Gasteiger partial charge in [0.25, 0.3) is 5.91 Å². The fourth-order valence-electron chi connectivity index (χ4n) is 3.89. The van der Waals surface area contributed by atoms with Crippen molar-refractivity contribution in [2.45, 2.75) is 20.8 Å². The number of anilines is 2. The molecule has 0 atom stereocenters. The van der Waals surface area contributed by atoms with Crippen LogP contribution in [0.1, 0.15) is 16.7 Å². The first-order chi connectivity index (χ1) is 14.5. The molecule has 6 heteroatoms. The number of carbonyl (C=O) groups is 1. The summed E-state index contributed by atoms with van der Waals surface area (Å²) in [5, 5.41) is 3.96. The van der Waals surface area contributed by atoms with Crippen LogP contribution in [0.4, 0.5) is 11.5 Å². The highest BCUT2D eigenvalue weighted by atomic mass is 16.5. The van der Waals surface area contributed by atoms with Crippen LogP contribution in [0.2, 0.25) is 0 Å². The maximum atomic E-state index is 12.5. The Morgan fingerprint density at radius 2 is 1.83 bits per heavy atom. The van der Waals surface area contributed by atoms with Crippen molar-refractivity contribution in [1.82, 2.24) is 4.98 Å². The summed E-state index contributed by atoms with van der Waals surface area (Å²) in [6.07, 6.45) is 0. The molecular formula is C24H27N3O3. The number of rotatable bonds is 5. The van der Waals surface area contributed by atoms with Gasteiger partial charge in [-0.1, -0.05) is 29.8 Å². The number of hydrogen-bond acceptors (Lipinski definition) is 5. The number of pyridine rings is 1. The lowest BCUT2D eigenvalue weighted by molar-refractivity contribution is -0.118. The Hall–Kier alpha value is -3.12. The average Bonchev–Trinajstić information content (AvgIpc) is 2.75. The number of aromatic nitrogens is 1. The van der Waals surface area contributed by atoms with Crippen molar-refractivity contribution in [3.63, 3.8) is 0 Å². The summed E-state index contributed by atoms with van der Waals surface area (Å²) in [5.74, 6) is 1.32. The van der Waals surface area contributed by atoms with Gasteiger partial charge < -0.3 is 19.7 Å². The predicted molar refractivity (Wildman–Crippen MR) is 120 cm³/mol. The molecule has 4 rings (SSSR count). The zero-order chi connectivity index (χ0) is 21.1. The number of amides is 1. The highest BCUT2D eigenvalue weighted by Gasteiger charge is 2.15. The van der Waals surface area contributed by atoms with E-state index in [0.717, 1.165) is 46.6 Å². The molecule has 0 unspecified atom stereocenters. The summed E-state index contributed by atoms with van der Waals surface area (Å²) in [4.78, 5) is 19.6. The van der Waals surface area contributed by atoms with Crippen molar-refractivity contribution in [3.8, 4) is 5.75 Å². The van der Waals surface area contributed by atoms with Crippen LogP contribution in [0, 0.1) is 20.8 Å². The van der Waals surface area contributed by atoms with Gasteiger partial charge in [0.05, 0.1) is 13.2 Å². The van der Waals surface area contributed by atoms with E-state index in [0.29, 0.717) is 19.0 Å². The van der Waals surface area contributed by atoms with Crippen LogP contribution >= 0.6 is 0 Å². The van der Waals surface area contributed by atoms with Gasteiger partial charge in [0.15, 0.2) is 6.61 Å². The third kappa shape index (κ3) is 4.39. The Morgan fingerprint density at radius 3 is 2.57 bits per heavy atom. The molecule has 156 valence electrons. The van der Waals surface area contributed by atoms with Crippen LogP contribution in [0.25, 0.3) is 10.9 Å². The quantitative estimate of drug-likeness (QED) is 0.695. The summed E-state index contributed by atoms with van der Waals surface area (Å²) in [7, 11) is 0. The van der Waals surface area contributed by atoms with Crippen molar-refractivity contribution >= 4 is 28.3 Å². The van der Waals surface area contributed by atoms with E-state index in [1.165, 1.54) is 5.56 Å². The van der Waals surface area contributed by atoms with Gasteiger partial charge in [-0.05, 0) is 50.1 Å². The Labute approximate surface area is 176 Å². The first-order valence-electron chi connectivity index (χ1n) is 10.2. The SMILES string of the molecule is Cc1cc(C)c(NC(=O)COc2cccc3ccc(N4CCOCC4)nc23)c(C)c1. The van der Waals surface area contributed by atoms with E-state index in [2.05, 4.69) is 22.3 Å². The van der Waals surface area contributed by atoms with Crippen LogP contribution in [-0.2, 0) is 9.53 Å². The molecule has 1 aliphatic heterocycles. The molecule has 2 aromatic carbocycles. The molecule has 3 aromatic rings. The summed E-state index contributed by atoms with van der Waals surface area (Å²) in [6.45, 7) is 9.02. The molecular weight excluding hydrogens is 378 g/mol. The van der Waals surface area contributed by atoms with E-state index in [1.54, 1.807) is 0 Å². The number of morpholine rings is 1. The number of nitrogens with zero attached hydrogens (tertiary/aromatic N) is 2. The number of fused-ring (bicyclic) bond motifs is 1. The van der Waals surface area contributed by atoms with Crippen molar-refractivity contribution in [2.75, 3.05) is 43.1 Å². The number of para-hydroxylation sites is 1. The molecule has 0 saturated carbocycles. The second kappa shape index (κ2) is 8.71. The van der Waals surface area contributed by atoms with Crippen LogP contribution in [0.15, 0.2) is 42.5 Å². The molecule has 1 fully saturated rings. The zero-order valence-electron chi connectivity index (χ0n) is 17.7. The van der Waals surface area contributed by atoms with Crippen LogP contribution in [-0.4, -0.2) is 43.8 Å². The maximum absolute atomic E-state index is 12.5. The van der Waals surface area contributed by atoms with Gasteiger partial charge >= 0.3 is 0 Å². The topological polar surface area (TPSA) is 63.7 Å². The molecule has 0 radical (unpaired) electrons. The fraction of sp³-hybridized carbons (Fsp3) is 0.333. The van der Waals surface area contributed by atoms with Gasteiger partial charge in [0, 0.05) is 24.2 Å². The summed E-state index contributed by atoms with van der Waals surface area (Å²) in [6, 6.07) is 14.0. The van der Waals surface area contributed by atoms with Crippen LogP contribution < -0.4 is 15.0 Å². The van der Waals surface area contributed by atoms with Crippen molar-refractivity contribution in [2.24, 2.45) is 0 Å². The minimum Gasteiger partial charge on any atom is -0.481 e. The molecule has 1 aromatic heterocycles. The molecule has 1 N–H and O–H groups in total. The molecule has 2 heterocycles. The third-order valence-corrected chi connectivity index (χ3v) is 5.30. The molecule has 0 bridgehead atoms. The highest BCUT2D eigenvalue weighted by Crippen LogP contribution is 2.27. The molecule has 1 aliphatic rings. The van der Waals surface area contributed by atoms with E-state index in [-0.39, 0.29) is 12.5 Å². The van der Waals surface area contributed by atoms with Gasteiger partial charge in [-0.25, -0.2) is 4.98 Å². The first kappa shape index (κ1) is 20.2. The number of carbonyl (C=O) groups excluding carboxylic acids is 1. The van der Waals surface area contributed by atoms with E-state index < -0.39 is 0 Å². The number of ether oxygens (including phenoxy) is 2. The van der Waals surface area contributed by atoms with Gasteiger partial charge in [0.2, 0.25) is 0 Å². The van der Waals surface area contributed by atoms with Gasteiger partial charge in [-0.15, -0.1) is 0 Å². The fourth-order valence-corrected chi connectivity index (χ4v) is 3.89. The zero-order valence-corrected chi connectivity index (χ0v) is 17.7. The molecule has 0 aliphatic carbocycles. The Morgan fingerprint density at radius 1 is 1.10 bits per heavy atom. The standard InChI is InChI=1S/C24H27N3O3/c1-16-13-17(2)23(18(3)14-16)26-22(28)15-30-20-6-4-5-19-7-8-21(25-24(19)20)27-9-11-29-12-10-27/h4-8,13-14H,9-12,15H2,1-3H3,(H,26,28). The number of aryl methyl sites for hydroxylation is 3. The van der Waals surface area contributed by atoms with Crippen LogP contribution in [0.5, 0.6) is 5.75 Å². The maximum Gasteiger partial charge on any atom is 0.262 e. The lowest BCUT2D eigenvalue weighted by atomic mass is 10.1. The molecule has 0 spiro atoms. The van der Waals surface area contributed by atoms with E-state index in [1.807, 2.05) is 51.1 Å². The molecule has 1 amide bonds. The average molecular weight is 405 g/mol. The number of nitrogens with one attached hydrogen (secondary N) is 1. The Bertz CT molecular complexity index is 1050. The number of benzene rings is 2. The number of hydrogen-bond donors (Lipinski definition) is 1. The van der Waals surface area contributed by atoms with Gasteiger partial charge in [0.1, 0.15) is 17.1 Å².